The Morgan fingerprint density at radius 2 is 2.26 bits per heavy atom. The van der Waals surface area contributed by atoms with Crippen molar-refractivity contribution >= 4 is 5.91 Å². The molecular formula is C15H28N2O2. The molecule has 2 aliphatic rings. The number of morpholine rings is 1. The predicted molar refractivity (Wildman–Crippen MR) is 75.8 cm³/mol. The highest BCUT2D eigenvalue weighted by Crippen LogP contribution is 2.27. The molecule has 1 amide bonds. The first-order valence-corrected chi connectivity index (χ1v) is 7.84. The van der Waals surface area contributed by atoms with E-state index in [0.717, 1.165) is 38.8 Å². The van der Waals surface area contributed by atoms with Crippen LogP contribution in [0.1, 0.15) is 51.9 Å². The number of nitrogens with zero attached hydrogens (tertiary/aromatic N) is 1. The Balaban J connectivity index is 1.71. The van der Waals surface area contributed by atoms with Gasteiger partial charge in [-0.1, -0.05) is 19.8 Å². The summed E-state index contributed by atoms with van der Waals surface area (Å²) in [5.74, 6) is 0.969. The molecule has 2 fully saturated rings. The maximum Gasteiger partial charge on any atom is 0.222 e. The first-order chi connectivity index (χ1) is 9.19. The normalized spacial score (nSPS) is 32.3. The molecule has 0 bridgehead atoms. The summed E-state index contributed by atoms with van der Waals surface area (Å²) in [6.07, 6.45) is 7.67. The van der Waals surface area contributed by atoms with Gasteiger partial charge in [0, 0.05) is 25.6 Å². The van der Waals surface area contributed by atoms with E-state index in [0.29, 0.717) is 30.9 Å². The summed E-state index contributed by atoms with van der Waals surface area (Å²) in [7, 11) is 0. The SMILES string of the molecule is CCC1CN(C(=O)CCC2CCCC(N)C2)CCO1. The topological polar surface area (TPSA) is 55.6 Å². The third kappa shape index (κ3) is 4.46. The number of nitrogens with two attached hydrogens (primary N) is 1. The number of hydrogen-bond acceptors (Lipinski definition) is 3. The van der Waals surface area contributed by atoms with E-state index in [9.17, 15) is 4.79 Å². The maximum absolute atomic E-state index is 12.2. The van der Waals surface area contributed by atoms with Crippen molar-refractivity contribution in [3.05, 3.63) is 0 Å². The second-order valence-electron chi connectivity index (χ2n) is 6.07. The zero-order valence-corrected chi connectivity index (χ0v) is 12.1. The van der Waals surface area contributed by atoms with Crippen LogP contribution in [0.15, 0.2) is 0 Å². The van der Waals surface area contributed by atoms with E-state index in [4.69, 9.17) is 10.5 Å². The standard InChI is InChI=1S/C15H28N2O2/c1-2-14-11-17(8-9-19-14)15(18)7-6-12-4-3-5-13(16)10-12/h12-14H,2-11,16H2,1H3. The molecule has 19 heavy (non-hydrogen) atoms. The summed E-state index contributed by atoms with van der Waals surface area (Å²) < 4.78 is 5.61. The van der Waals surface area contributed by atoms with Crippen molar-refractivity contribution in [2.24, 2.45) is 11.7 Å². The van der Waals surface area contributed by atoms with E-state index < -0.39 is 0 Å². The van der Waals surface area contributed by atoms with E-state index >= 15 is 0 Å². The molecule has 0 spiro atoms. The summed E-state index contributed by atoms with van der Waals surface area (Å²) in [5.41, 5.74) is 6.00. The van der Waals surface area contributed by atoms with Gasteiger partial charge in [0.05, 0.1) is 12.7 Å². The number of carbonyl (C=O) groups excluding carboxylic acids is 1. The van der Waals surface area contributed by atoms with Crippen LogP contribution in [-0.4, -0.2) is 42.6 Å². The second kappa shape index (κ2) is 7.25. The average molecular weight is 268 g/mol. The highest BCUT2D eigenvalue weighted by atomic mass is 16.5. The number of carbonyl (C=O) groups is 1. The molecule has 0 aromatic heterocycles. The highest BCUT2D eigenvalue weighted by Gasteiger charge is 2.25. The van der Waals surface area contributed by atoms with E-state index in [1.54, 1.807) is 0 Å². The van der Waals surface area contributed by atoms with Gasteiger partial charge < -0.3 is 15.4 Å². The molecule has 3 atom stereocenters. The fourth-order valence-electron chi connectivity index (χ4n) is 3.27. The fourth-order valence-corrected chi connectivity index (χ4v) is 3.27. The van der Waals surface area contributed by atoms with E-state index in [1.165, 1.54) is 12.8 Å². The Morgan fingerprint density at radius 3 is 3.00 bits per heavy atom. The van der Waals surface area contributed by atoms with Gasteiger partial charge in [0.1, 0.15) is 0 Å². The molecule has 0 radical (unpaired) electrons. The molecular weight excluding hydrogens is 240 g/mol. The minimum absolute atomic E-state index is 0.237. The summed E-state index contributed by atoms with van der Waals surface area (Å²) in [5, 5.41) is 0. The molecule has 1 aliphatic heterocycles. The fraction of sp³-hybridized carbons (Fsp3) is 0.933. The number of hydrogen-bond donors (Lipinski definition) is 1. The van der Waals surface area contributed by atoms with Crippen LogP contribution in [0.25, 0.3) is 0 Å². The minimum Gasteiger partial charge on any atom is -0.375 e. The van der Waals surface area contributed by atoms with Gasteiger partial charge in [-0.3, -0.25) is 4.79 Å². The lowest BCUT2D eigenvalue weighted by Crippen LogP contribution is -2.45. The largest absolute Gasteiger partial charge is 0.375 e. The monoisotopic (exact) mass is 268 g/mol. The number of amides is 1. The van der Waals surface area contributed by atoms with Gasteiger partial charge in [-0.05, 0) is 31.6 Å². The summed E-state index contributed by atoms with van der Waals surface area (Å²) in [4.78, 5) is 14.2. The van der Waals surface area contributed by atoms with Crippen LogP contribution in [0, 0.1) is 5.92 Å². The minimum atomic E-state index is 0.237. The molecule has 1 aliphatic carbocycles. The van der Waals surface area contributed by atoms with Crippen molar-refractivity contribution in [1.29, 1.82) is 0 Å². The van der Waals surface area contributed by atoms with E-state index in [2.05, 4.69) is 6.92 Å². The maximum atomic E-state index is 12.2. The first kappa shape index (κ1) is 14.8. The molecule has 0 aromatic rings. The molecule has 1 saturated heterocycles. The Bertz CT molecular complexity index is 296. The van der Waals surface area contributed by atoms with Crippen LogP contribution in [-0.2, 0) is 9.53 Å². The van der Waals surface area contributed by atoms with Gasteiger partial charge in [0.15, 0.2) is 0 Å². The third-order valence-corrected chi connectivity index (χ3v) is 4.54. The average Bonchev–Trinajstić information content (AvgIpc) is 2.45. The summed E-state index contributed by atoms with van der Waals surface area (Å²) in [6.45, 7) is 4.35. The van der Waals surface area contributed by atoms with Crippen molar-refractivity contribution < 1.29 is 9.53 Å². The van der Waals surface area contributed by atoms with E-state index in [1.807, 2.05) is 4.90 Å². The van der Waals surface area contributed by atoms with Gasteiger partial charge in [-0.15, -0.1) is 0 Å². The van der Waals surface area contributed by atoms with Crippen LogP contribution in [0.5, 0.6) is 0 Å². The van der Waals surface area contributed by atoms with Crippen molar-refractivity contribution in [3.63, 3.8) is 0 Å². The lowest BCUT2D eigenvalue weighted by atomic mass is 9.83. The van der Waals surface area contributed by atoms with Gasteiger partial charge in [0.2, 0.25) is 5.91 Å². The van der Waals surface area contributed by atoms with Crippen LogP contribution in [0.2, 0.25) is 0 Å². The van der Waals surface area contributed by atoms with Crippen molar-refractivity contribution in [2.75, 3.05) is 19.7 Å². The molecule has 4 nitrogen and oxygen atoms in total. The predicted octanol–water partition coefficient (Wildman–Crippen LogP) is 1.92. The quantitative estimate of drug-likeness (QED) is 0.847. The molecule has 0 aromatic carbocycles. The molecule has 1 heterocycles. The third-order valence-electron chi connectivity index (χ3n) is 4.54. The van der Waals surface area contributed by atoms with E-state index in [-0.39, 0.29) is 6.10 Å². The zero-order valence-electron chi connectivity index (χ0n) is 12.1. The number of rotatable bonds is 4. The Labute approximate surface area is 116 Å². The Morgan fingerprint density at radius 1 is 1.42 bits per heavy atom. The number of ether oxygens (including phenoxy) is 1. The molecule has 2 rings (SSSR count). The van der Waals surface area contributed by atoms with Gasteiger partial charge in [0.25, 0.3) is 0 Å². The van der Waals surface area contributed by atoms with Crippen LogP contribution in [0.4, 0.5) is 0 Å². The van der Waals surface area contributed by atoms with Crippen LogP contribution >= 0.6 is 0 Å². The van der Waals surface area contributed by atoms with Crippen molar-refractivity contribution in [2.45, 2.75) is 64.0 Å². The molecule has 2 N–H and O–H groups in total. The molecule has 3 unspecified atom stereocenters. The lowest BCUT2D eigenvalue weighted by Gasteiger charge is -2.33. The molecule has 4 heteroatoms. The molecule has 1 saturated carbocycles. The van der Waals surface area contributed by atoms with Gasteiger partial charge >= 0.3 is 0 Å². The van der Waals surface area contributed by atoms with Gasteiger partial charge in [-0.25, -0.2) is 0 Å². The Kier molecular flexibility index (Phi) is 5.64. The van der Waals surface area contributed by atoms with Crippen molar-refractivity contribution in [3.8, 4) is 0 Å². The summed E-state index contributed by atoms with van der Waals surface area (Å²) in [6, 6.07) is 0.363. The smallest absolute Gasteiger partial charge is 0.222 e. The van der Waals surface area contributed by atoms with Gasteiger partial charge in [-0.2, -0.15) is 0 Å². The zero-order chi connectivity index (χ0) is 13.7. The second-order valence-corrected chi connectivity index (χ2v) is 6.07. The lowest BCUT2D eigenvalue weighted by molar-refractivity contribution is -0.139. The summed E-state index contributed by atoms with van der Waals surface area (Å²) >= 11 is 0. The first-order valence-electron chi connectivity index (χ1n) is 7.84. The van der Waals surface area contributed by atoms with Crippen molar-refractivity contribution in [1.82, 2.24) is 4.90 Å². The van der Waals surface area contributed by atoms with Crippen LogP contribution in [0.3, 0.4) is 0 Å². The molecule has 110 valence electrons. The highest BCUT2D eigenvalue weighted by molar-refractivity contribution is 5.76. The van der Waals surface area contributed by atoms with Crippen LogP contribution < -0.4 is 5.73 Å². The Hall–Kier alpha value is -0.610.